The van der Waals surface area contributed by atoms with E-state index in [0.717, 1.165) is 44.2 Å². The molecule has 1 fully saturated rings. The minimum Gasteiger partial charge on any atom is -0.394 e. The minimum absolute atomic E-state index is 0.0262. The summed E-state index contributed by atoms with van der Waals surface area (Å²) >= 11 is 0. The molecule has 1 aromatic carbocycles. The van der Waals surface area contributed by atoms with E-state index in [9.17, 15) is 19.0 Å². The van der Waals surface area contributed by atoms with Gasteiger partial charge in [-0.25, -0.2) is 8.78 Å². The number of hydrogen-bond donors (Lipinski definition) is 3. The van der Waals surface area contributed by atoms with Crippen LogP contribution in [-0.4, -0.2) is 28.9 Å². The summed E-state index contributed by atoms with van der Waals surface area (Å²) in [7, 11) is 0. The highest BCUT2D eigenvalue weighted by Gasteiger charge is 2.32. The van der Waals surface area contributed by atoms with Crippen molar-refractivity contribution in [3.05, 3.63) is 35.4 Å². The van der Waals surface area contributed by atoms with Gasteiger partial charge in [0.2, 0.25) is 0 Å². The average molecular weight is 285 g/mol. The van der Waals surface area contributed by atoms with Gasteiger partial charge in [0.25, 0.3) is 0 Å². The predicted molar refractivity (Wildman–Crippen MR) is 72.2 cm³/mol. The molecule has 3 nitrogen and oxygen atoms in total. The molecule has 0 aromatic heterocycles. The molecule has 0 amide bonds. The highest BCUT2D eigenvalue weighted by atomic mass is 19.1. The van der Waals surface area contributed by atoms with Crippen molar-refractivity contribution in [3.63, 3.8) is 0 Å². The van der Waals surface area contributed by atoms with Gasteiger partial charge in [-0.1, -0.05) is 25.3 Å². The van der Waals surface area contributed by atoms with Crippen LogP contribution in [-0.2, 0) is 0 Å². The fraction of sp³-hybridized carbons (Fsp3) is 0.600. The number of aliphatic hydroxyl groups excluding tert-OH is 2. The van der Waals surface area contributed by atoms with Gasteiger partial charge in [0.05, 0.1) is 18.3 Å². The molecule has 1 unspecified atom stereocenters. The molecule has 0 heterocycles. The molecule has 2 rings (SSSR count). The van der Waals surface area contributed by atoms with E-state index < -0.39 is 23.3 Å². The second-order valence-electron chi connectivity index (χ2n) is 5.53. The second kappa shape index (κ2) is 6.61. The van der Waals surface area contributed by atoms with Gasteiger partial charge in [-0.3, -0.25) is 0 Å². The molecule has 1 aliphatic rings. The smallest absolute Gasteiger partial charge is 0.131 e. The minimum atomic E-state index is -1.26. The third-order valence-corrected chi connectivity index (χ3v) is 4.12. The van der Waals surface area contributed by atoms with Crippen molar-refractivity contribution in [2.45, 2.75) is 43.7 Å². The molecule has 112 valence electrons. The van der Waals surface area contributed by atoms with Crippen LogP contribution >= 0.6 is 0 Å². The van der Waals surface area contributed by atoms with Crippen LogP contribution < -0.4 is 5.32 Å². The summed E-state index contributed by atoms with van der Waals surface area (Å²) in [5.74, 6) is -1.50. The number of aliphatic hydroxyl groups is 2. The zero-order valence-electron chi connectivity index (χ0n) is 11.4. The number of benzene rings is 1. The third-order valence-electron chi connectivity index (χ3n) is 4.12. The standard InChI is InChI=1S/C15H21F2NO2/c16-11-5-4-6-12(17)14(11)13(20)9-18-15(10-19)7-2-1-3-8-15/h4-6,13,18-20H,1-3,7-10H2. The van der Waals surface area contributed by atoms with E-state index in [-0.39, 0.29) is 18.7 Å². The van der Waals surface area contributed by atoms with Crippen molar-refractivity contribution in [2.24, 2.45) is 0 Å². The van der Waals surface area contributed by atoms with Gasteiger partial charge >= 0.3 is 0 Å². The summed E-state index contributed by atoms with van der Waals surface area (Å²) in [4.78, 5) is 0. The highest BCUT2D eigenvalue weighted by molar-refractivity contribution is 5.22. The fourth-order valence-electron chi connectivity index (χ4n) is 2.86. The zero-order valence-corrected chi connectivity index (χ0v) is 11.4. The summed E-state index contributed by atoms with van der Waals surface area (Å²) in [6, 6.07) is 3.53. The van der Waals surface area contributed by atoms with Gasteiger partial charge in [0, 0.05) is 12.1 Å². The lowest BCUT2D eigenvalue weighted by Gasteiger charge is -2.37. The van der Waals surface area contributed by atoms with Gasteiger partial charge in [-0.15, -0.1) is 0 Å². The van der Waals surface area contributed by atoms with Crippen LogP contribution in [0, 0.1) is 11.6 Å². The summed E-state index contributed by atoms with van der Waals surface area (Å²) in [6.07, 6.45) is 3.52. The van der Waals surface area contributed by atoms with Crippen LogP contribution in [0.4, 0.5) is 8.78 Å². The van der Waals surface area contributed by atoms with Crippen LogP contribution in [0.25, 0.3) is 0 Å². The number of rotatable bonds is 5. The molecule has 1 aromatic rings. The molecule has 0 saturated heterocycles. The molecule has 5 heteroatoms. The fourth-order valence-corrected chi connectivity index (χ4v) is 2.86. The Morgan fingerprint density at radius 1 is 1.15 bits per heavy atom. The van der Waals surface area contributed by atoms with Crippen molar-refractivity contribution in [2.75, 3.05) is 13.2 Å². The van der Waals surface area contributed by atoms with E-state index >= 15 is 0 Å². The van der Waals surface area contributed by atoms with E-state index in [1.54, 1.807) is 0 Å². The van der Waals surface area contributed by atoms with Crippen LogP contribution in [0.3, 0.4) is 0 Å². The summed E-state index contributed by atoms with van der Waals surface area (Å²) in [5.41, 5.74) is -0.745. The van der Waals surface area contributed by atoms with Gasteiger partial charge < -0.3 is 15.5 Å². The Hall–Kier alpha value is -1.04. The molecule has 0 aliphatic heterocycles. The highest BCUT2D eigenvalue weighted by Crippen LogP contribution is 2.29. The molecule has 0 radical (unpaired) electrons. The number of halogens is 2. The molecule has 20 heavy (non-hydrogen) atoms. The maximum atomic E-state index is 13.6. The summed E-state index contributed by atoms with van der Waals surface area (Å²) in [5, 5.41) is 22.6. The summed E-state index contributed by atoms with van der Waals surface area (Å²) in [6.45, 7) is -0.00210. The zero-order chi connectivity index (χ0) is 14.6. The number of nitrogens with one attached hydrogen (secondary N) is 1. The van der Waals surface area contributed by atoms with E-state index in [4.69, 9.17) is 0 Å². The monoisotopic (exact) mass is 285 g/mol. The number of β-amino-alcohol motifs (C(OH)–C–C–N with tert-alkyl or cyclic N) is 1. The first kappa shape index (κ1) is 15.4. The van der Waals surface area contributed by atoms with Crippen molar-refractivity contribution >= 4 is 0 Å². The van der Waals surface area contributed by atoms with Gasteiger partial charge in [-0.05, 0) is 25.0 Å². The maximum absolute atomic E-state index is 13.6. The third kappa shape index (κ3) is 3.34. The Morgan fingerprint density at radius 2 is 1.75 bits per heavy atom. The quantitative estimate of drug-likeness (QED) is 0.778. The van der Waals surface area contributed by atoms with Gasteiger partial charge in [0.15, 0.2) is 0 Å². The largest absolute Gasteiger partial charge is 0.394 e. The van der Waals surface area contributed by atoms with Crippen LogP contribution in [0.5, 0.6) is 0 Å². The molecule has 3 N–H and O–H groups in total. The Bertz CT molecular complexity index is 427. The molecule has 1 saturated carbocycles. The van der Waals surface area contributed by atoms with Crippen LogP contribution in [0.1, 0.15) is 43.8 Å². The van der Waals surface area contributed by atoms with E-state index in [1.165, 1.54) is 6.07 Å². The Kier molecular flexibility index (Phi) is 5.07. The van der Waals surface area contributed by atoms with Gasteiger partial charge in [-0.2, -0.15) is 0 Å². The summed E-state index contributed by atoms with van der Waals surface area (Å²) < 4.78 is 27.1. The lowest BCUT2D eigenvalue weighted by atomic mass is 9.82. The topological polar surface area (TPSA) is 52.5 Å². The first-order valence-corrected chi connectivity index (χ1v) is 7.06. The molecule has 1 aliphatic carbocycles. The van der Waals surface area contributed by atoms with Crippen LogP contribution in [0.2, 0.25) is 0 Å². The van der Waals surface area contributed by atoms with Crippen molar-refractivity contribution < 1.29 is 19.0 Å². The Labute approximate surface area is 117 Å². The Balaban J connectivity index is 2.02. The molecule has 0 spiro atoms. The van der Waals surface area contributed by atoms with Gasteiger partial charge in [0.1, 0.15) is 11.6 Å². The molecule has 0 bridgehead atoms. The Morgan fingerprint density at radius 3 is 2.30 bits per heavy atom. The SMILES string of the molecule is OCC1(NCC(O)c2c(F)cccc2F)CCCCC1. The predicted octanol–water partition coefficient (Wildman–Crippen LogP) is 2.28. The van der Waals surface area contributed by atoms with Crippen molar-refractivity contribution in [1.82, 2.24) is 5.32 Å². The lowest BCUT2D eigenvalue weighted by molar-refractivity contribution is 0.0919. The second-order valence-corrected chi connectivity index (χ2v) is 5.53. The first-order chi connectivity index (χ1) is 9.58. The lowest BCUT2D eigenvalue weighted by Crippen LogP contribution is -2.51. The maximum Gasteiger partial charge on any atom is 0.131 e. The number of hydrogen-bond acceptors (Lipinski definition) is 3. The van der Waals surface area contributed by atoms with Crippen molar-refractivity contribution in [3.8, 4) is 0 Å². The first-order valence-electron chi connectivity index (χ1n) is 7.06. The molecular formula is C15H21F2NO2. The van der Waals surface area contributed by atoms with Crippen molar-refractivity contribution in [1.29, 1.82) is 0 Å². The van der Waals surface area contributed by atoms with E-state index in [1.807, 2.05) is 0 Å². The van der Waals surface area contributed by atoms with Crippen LogP contribution in [0.15, 0.2) is 18.2 Å². The molecule has 1 atom stereocenters. The average Bonchev–Trinajstić information content (AvgIpc) is 2.46. The molecular weight excluding hydrogens is 264 g/mol. The van der Waals surface area contributed by atoms with E-state index in [2.05, 4.69) is 5.32 Å². The van der Waals surface area contributed by atoms with E-state index in [0.29, 0.717) is 0 Å². The normalized spacial score (nSPS) is 19.8.